The van der Waals surface area contributed by atoms with Gasteiger partial charge in [-0.2, -0.15) is 5.10 Å². The average Bonchev–Trinajstić information content (AvgIpc) is 2.63. The molecular weight excluding hydrogens is 231 g/mol. The lowest BCUT2D eigenvalue weighted by molar-refractivity contribution is 0.112. The lowest BCUT2D eigenvalue weighted by Crippen LogP contribution is -1.97. The van der Waals surface area contributed by atoms with Crippen LogP contribution in [-0.4, -0.2) is 16.1 Å². The Morgan fingerprint density at radius 2 is 2.25 bits per heavy atom. The summed E-state index contributed by atoms with van der Waals surface area (Å²) in [5.74, 6) is -0.434. The number of rotatable bonds is 2. The molecule has 0 unspecified atom stereocenters. The van der Waals surface area contributed by atoms with E-state index < -0.39 is 5.82 Å². The van der Waals surface area contributed by atoms with Crippen LogP contribution in [0.2, 0.25) is 5.02 Å². The third-order valence-electron chi connectivity index (χ3n) is 2.28. The molecule has 0 saturated heterocycles. The number of carbonyl (C=O) groups excluding carboxylic acids is 1. The van der Waals surface area contributed by atoms with E-state index >= 15 is 0 Å². The van der Waals surface area contributed by atoms with Crippen molar-refractivity contribution in [2.45, 2.75) is 0 Å². The molecule has 1 aromatic heterocycles. The maximum absolute atomic E-state index is 13.6. The number of aromatic nitrogens is 2. The Morgan fingerprint density at radius 3 is 2.94 bits per heavy atom. The summed E-state index contributed by atoms with van der Waals surface area (Å²) in [5.41, 5.74) is 1.04. The van der Waals surface area contributed by atoms with Crippen molar-refractivity contribution in [1.82, 2.24) is 9.78 Å². The Kier molecular flexibility index (Phi) is 2.75. The Bertz CT molecular complexity index is 551. The van der Waals surface area contributed by atoms with E-state index in [2.05, 4.69) is 5.10 Å². The summed E-state index contributed by atoms with van der Waals surface area (Å²) in [6.07, 6.45) is 2.03. The van der Waals surface area contributed by atoms with Gasteiger partial charge in [-0.1, -0.05) is 11.6 Å². The fraction of sp³-hybridized carbons (Fsp3) is 0.0909. The molecule has 82 valence electrons. The van der Waals surface area contributed by atoms with Gasteiger partial charge < -0.3 is 0 Å². The van der Waals surface area contributed by atoms with E-state index in [0.29, 0.717) is 22.6 Å². The zero-order valence-corrected chi connectivity index (χ0v) is 9.20. The van der Waals surface area contributed by atoms with Crippen LogP contribution in [-0.2, 0) is 7.05 Å². The summed E-state index contributed by atoms with van der Waals surface area (Å²) in [4.78, 5) is 10.8. The first-order valence-corrected chi connectivity index (χ1v) is 4.94. The van der Waals surface area contributed by atoms with Gasteiger partial charge in [-0.05, 0) is 18.2 Å². The van der Waals surface area contributed by atoms with Gasteiger partial charge >= 0.3 is 0 Å². The molecule has 0 bridgehead atoms. The highest BCUT2D eigenvalue weighted by Gasteiger charge is 2.14. The molecule has 0 aliphatic carbocycles. The summed E-state index contributed by atoms with van der Waals surface area (Å²) in [5, 5.41) is 4.32. The smallest absolute Gasteiger partial charge is 0.153 e. The fourth-order valence-corrected chi connectivity index (χ4v) is 1.72. The van der Waals surface area contributed by atoms with Gasteiger partial charge in [0.05, 0.1) is 17.5 Å². The topological polar surface area (TPSA) is 34.9 Å². The minimum Gasteiger partial charge on any atom is -0.298 e. The first-order valence-electron chi connectivity index (χ1n) is 4.56. The lowest BCUT2D eigenvalue weighted by Gasteiger charge is -2.05. The number of carbonyl (C=O) groups is 1. The highest BCUT2D eigenvalue weighted by Crippen LogP contribution is 2.27. The number of aryl methyl sites for hydroxylation is 1. The number of benzene rings is 1. The van der Waals surface area contributed by atoms with E-state index in [0.717, 1.165) is 0 Å². The van der Waals surface area contributed by atoms with Gasteiger partial charge in [0.25, 0.3) is 0 Å². The Balaban J connectivity index is 2.70. The molecule has 0 amide bonds. The molecule has 1 heterocycles. The van der Waals surface area contributed by atoms with Gasteiger partial charge in [0.2, 0.25) is 0 Å². The number of nitrogens with zero attached hydrogens (tertiary/aromatic N) is 2. The first-order chi connectivity index (χ1) is 7.63. The van der Waals surface area contributed by atoms with Crippen LogP contribution in [0.3, 0.4) is 0 Å². The van der Waals surface area contributed by atoms with Crippen LogP contribution in [0, 0.1) is 5.82 Å². The summed E-state index contributed by atoms with van der Waals surface area (Å²) < 4.78 is 15.1. The minimum absolute atomic E-state index is 0.273. The maximum atomic E-state index is 13.6. The van der Waals surface area contributed by atoms with Crippen molar-refractivity contribution in [3.63, 3.8) is 0 Å². The molecule has 0 aliphatic heterocycles. The molecular formula is C11H8ClFN2O. The van der Waals surface area contributed by atoms with Gasteiger partial charge in [-0.15, -0.1) is 0 Å². The Hall–Kier alpha value is -1.68. The van der Waals surface area contributed by atoms with Crippen molar-refractivity contribution in [3.05, 3.63) is 40.8 Å². The minimum atomic E-state index is -0.434. The molecule has 1 aromatic carbocycles. The summed E-state index contributed by atoms with van der Waals surface area (Å²) in [6, 6.07) is 4.19. The first kappa shape index (κ1) is 10.8. The van der Waals surface area contributed by atoms with Crippen LogP contribution in [0.15, 0.2) is 24.4 Å². The molecule has 16 heavy (non-hydrogen) atoms. The van der Waals surface area contributed by atoms with Gasteiger partial charge in [-0.3, -0.25) is 9.48 Å². The van der Waals surface area contributed by atoms with Crippen LogP contribution < -0.4 is 0 Å². The Labute approximate surface area is 96.5 Å². The fourth-order valence-electron chi connectivity index (χ4n) is 1.55. The number of aldehydes is 1. The van der Waals surface area contributed by atoms with Crippen LogP contribution in [0.4, 0.5) is 4.39 Å². The van der Waals surface area contributed by atoms with E-state index in [4.69, 9.17) is 11.6 Å². The lowest BCUT2D eigenvalue weighted by atomic mass is 10.1. The molecule has 0 saturated carbocycles. The average molecular weight is 239 g/mol. The van der Waals surface area contributed by atoms with Gasteiger partial charge in [0.1, 0.15) is 5.82 Å². The molecule has 0 spiro atoms. The highest BCUT2D eigenvalue weighted by molar-refractivity contribution is 6.30. The molecule has 3 nitrogen and oxygen atoms in total. The van der Waals surface area contributed by atoms with Gasteiger partial charge in [0.15, 0.2) is 6.29 Å². The van der Waals surface area contributed by atoms with Crippen LogP contribution >= 0.6 is 11.6 Å². The van der Waals surface area contributed by atoms with Crippen LogP contribution in [0.5, 0.6) is 0 Å². The molecule has 0 fully saturated rings. The molecule has 0 atom stereocenters. The van der Waals surface area contributed by atoms with E-state index in [-0.39, 0.29) is 5.56 Å². The van der Waals surface area contributed by atoms with E-state index in [1.165, 1.54) is 29.1 Å². The van der Waals surface area contributed by atoms with E-state index in [1.807, 2.05) is 0 Å². The standard InChI is InChI=1S/C11H8ClFN2O/c1-15-11(7(6-16)5-14-15)9-4-8(12)2-3-10(9)13/h2-6H,1H3. The molecule has 5 heteroatoms. The van der Waals surface area contributed by atoms with Crippen LogP contribution in [0.1, 0.15) is 10.4 Å². The van der Waals surface area contributed by atoms with Crippen molar-refractivity contribution in [2.24, 2.45) is 7.05 Å². The second-order valence-corrected chi connectivity index (χ2v) is 3.75. The number of hydrogen-bond acceptors (Lipinski definition) is 2. The third kappa shape index (κ3) is 1.72. The highest BCUT2D eigenvalue weighted by atomic mass is 35.5. The van der Waals surface area contributed by atoms with Gasteiger partial charge in [-0.25, -0.2) is 4.39 Å². The SMILES string of the molecule is Cn1ncc(C=O)c1-c1cc(Cl)ccc1F. The van der Waals surface area contributed by atoms with Crippen molar-refractivity contribution >= 4 is 17.9 Å². The predicted octanol–water partition coefficient (Wildman–Crippen LogP) is 2.69. The second kappa shape index (κ2) is 4.06. The predicted molar refractivity (Wildman–Crippen MR) is 59.0 cm³/mol. The monoisotopic (exact) mass is 238 g/mol. The van der Waals surface area contributed by atoms with Crippen molar-refractivity contribution < 1.29 is 9.18 Å². The summed E-state index contributed by atoms with van der Waals surface area (Å²) >= 11 is 5.80. The summed E-state index contributed by atoms with van der Waals surface area (Å²) in [7, 11) is 1.64. The van der Waals surface area contributed by atoms with E-state index in [9.17, 15) is 9.18 Å². The Morgan fingerprint density at radius 1 is 1.50 bits per heavy atom. The van der Waals surface area contributed by atoms with E-state index in [1.54, 1.807) is 7.05 Å². The van der Waals surface area contributed by atoms with Gasteiger partial charge in [0, 0.05) is 17.6 Å². The van der Waals surface area contributed by atoms with Crippen LogP contribution in [0.25, 0.3) is 11.3 Å². The van der Waals surface area contributed by atoms with Crippen molar-refractivity contribution in [1.29, 1.82) is 0 Å². The summed E-state index contributed by atoms with van der Waals surface area (Å²) in [6.45, 7) is 0. The normalized spacial score (nSPS) is 10.4. The zero-order valence-electron chi connectivity index (χ0n) is 8.45. The van der Waals surface area contributed by atoms with Crippen molar-refractivity contribution in [2.75, 3.05) is 0 Å². The molecule has 2 aromatic rings. The molecule has 0 aliphatic rings. The third-order valence-corrected chi connectivity index (χ3v) is 2.51. The van der Waals surface area contributed by atoms with Crippen molar-refractivity contribution in [3.8, 4) is 11.3 Å². The zero-order chi connectivity index (χ0) is 11.7. The molecule has 2 rings (SSSR count). The maximum Gasteiger partial charge on any atom is 0.153 e. The second-order valence-electron chi connectivity index (χ2n) is 3.31. The molecule has 0 N–H and O–H groups in total. The largest absolute Gasteiger partial charge is 0.298 e. The molecule has 0 radical (unpaired) electrons. The number of halogens is 2. The quantitative estimate of drug-likeness (QED) is 0.754. The number of hydrogen-bond donors (Lipinski definition) is 0.